The van der Waals surface area contributed by atoms with Crippen molar-refractivity contribution in [2.75, 3.05) is 5.32 Å². The van der Waals surface area contributed by atoms with E-state index in [0.717, 1.165) is 28.3 Å². The summed E-state index contributed by atoms with van der Waals surface area (Å²) in [6, 6.07) is 7.89. The van der Waals surface area contributed by atoms with Crippen molar-refractivity contribution in [3.8, 4) is 11.9 Å². The number of aromatic hydroxyl groups is 1. The first kappa shape index (κ1) is 11.4. The van der Waals surface area contributed by atoms with Gasteiger partial charge in [0.15, 0.2) is 5.56 Å². The zero-order chi connectivity index (χ0) is 12.4. The standard InChI is InChI=1S/C12H11N3OS/c1-7-4-3-5-8(2)10(7)14-12-9(6-13)11(16)15-17-12/h3-5,14H,1-2H3,(H,15,16). The number of aryl methyl sites for hydroxylation is 2. The maximum atomic E-state index is 9.38. The predicted octanol–water partition coefficient (Wildman–Crippen LogP) is 3.08. The molecule has 0 bridgehead atoms. The Labute approximate surface area is 103 Å². The Balaban J connectivity index is 2.42. The molecule has 0 saturated heterocycles. The fourth-order valence-corrected chi connectivity index (χ4v) is 2.24. The minimum Gasteiger partial charge on any atom is -0.492 e. The smallest absolute Gasteiger partial charge is 0.243 e. The lowest BCUT2D eigenvalue weighted by atomic mass is 10.1. The quantitative estimate of drug-likeness (QED) is 0.853. The maximum Gasteiger partial charge on any atom is 0.243 e. The van der Waals surface area contributed by atoms with Gasteiger partial charge in [-0.05, 0) is 36.5 Å². The van der Waals surface area contributed by atoms with Gasteiger partial charge in [-0.2, -0.15) is 9.64 Å². The van der Waals surface area contributed by atoms with Gasteiger partial charge in [0.2, 0.25) is 5.88 Å². The van der Waals surface area contributed by atoms with Crippen molar-refractivity contribution < 1.29 is 5.11 Å². The van der Waals surface area contributed by atoms with Crippen molar-refractivity contribution in [1.29, 1.82) is 5.26 Å². The number of hydrogen-bond acceptors (Lipinski definition) is 5. The molecular weight excluding hydrogens is 234 g/mol. The van der Waals surface area contributed by atoms with Gasteiger partial charge in [-0.15, -0.1) is 0 Å². The highest BCUT2D eigenvalue weighted by Gasteiger charge is 2.14. The molecule has 1 aromatic carbocycles. The Hall–Kier alpha value is -2.06. The molecule has 0 fully saturated rings. The number of para-hydroxylation sites is 1. The Kier molecular flexibility index (Phi) is 2.98. The maximum absolute atomic E-state index is 9.38. The van der Waals surface area contributed by atoms with Crippen molar-refractivity contribution >= 4 is 22.2 Å². The highest BCUT2D eigenvalue weighted by Crippen LogP contribution is 2.33. The number of benzene rings is 1. The molecular formula is C12H11N3OS. The van der Waals surface area contributed by atoms with Crippen molar-refractivity contribution in [3.05, 3.63) is 34.9 Å². The normalized spacial score (nSPS) is 9.94. The molecule has 2 N–H and O–H groups in total. The Bertz CT molecular complexity index is 578. The van der Waals surface area contributed by atoms with Crippen molar-refractivity contribution in [2.45, 2.75) is 13.8 Å². The van der Waals surface area contributed by atoms with Crippen LogP contribution in [0.1, 0.15) is 16.7 Å². The van der Waals surface area contributed by atoms with Gasteiger partial charge >= 0.3 is 0 Å². The van der Waals surface area contributed by atoms with Crippen LogP contribution in [-0.4, -0.2) is 9.48 Å². The molecule has 2 aromatic rings. The summed E-state index contributed by atoms with van der Waals surface area (Å²) in [5.74, 6) is -0.216. The monoisotopic (exact) mass is 245 g/mol. The molecule has 0 spiro atoms. The van der Waals surface area contributed by atoms with E-state index < -0.39 is 0 Å². The highest BCUT2D eigenvalue weighted by molar-refractivity contribution is 7.10. The molecule has 0 aliphatic carbocycles. The van der Waals surface area contributed by atoms with Crippen LogP contribution in [0, 0.1) is 25.2 Å². The van der Waals surface area contributed by atoms with Gasteiger partial charge in [-0.25, -0.2) is 0 Å². The molecule has 0 saturated carbocycles. The van der Waals surface area contributed by atoms with E-state index >= 15 is 0 Å². The van der Waals surface area contributed by atoms with Gasteiger partial charge in [-0.1, -0.05) is 18.2 Å². The average Bonchev–Trinajstić information content (AvgIpc) is 2.64. The van der Waals surface area contributed by atoms with Gasteiger partial charge in [0.25, 0.3) is 0 Å². The Morgan fingerprint density at radius 3 is 2.59 bits per heavy atom. The molecule has 0 radical (unpaired) electrons. The predicted molar refractivity (Wildman–Crippen MR) is 67.7 cm³/mol. The summed E-state index contributed by atoms with van der Waals surface area (Å²) in [6.45, 7) is 3.98. The van der Waals surface area contributed by atoms with E-state index in [9.17, 15) is 5.11 Å². The van der Waals surface area contributed by atoms with E-state index in [2.05, 4.69) is 9.69 Å². The second-order valence-corrected chi connectivity index (χ2v) is 4.49. The van der Waals surface area contributed by atoms with Crippen LogP contribution in [-0.2, 0) is 0 Å². The average molecular weight is 245 g/mol. The number of rotatable bonds is 2. The van der Waals surface area contributed by atoms with Crippen LogP contribution in [0.3, 0.4) is 0 Å². The molecule has 86 valence electrons. The fourth-order valence-electron chi connectivity index (χ4n) is 1.59. The largest absolute Gasteiger partial charge is 0.492 e. The van der Waals surface area contributed by atoms with E-state index in [-0.39, 0.29) is 11.4 Å². The molecule has 0 atom stereocenters. The first-order valence-corrected chi connectivity index (χ1v) is 5.82. The van der Waals surface area contributed by atoms with E-state index in [1.54, 1.807) is 0 Å². The van der Waals surface area contributed by atoms with E-state index in [1.165, 1.54) is 0 Å². The minimum absolute atomic E-state index is 0.192. The van der Waals surface area contributed by atoms with Crippen molar-refractivity contribution in [3.63, 3.8) is 0 Å². The third-order valence-corrected chi connectivity index (χ3v) is 3.26. The summed E-state index contributed by atoms with van der Waals surface area (Å²) in [5, 5.41) is 22.0. The van der Waals surface area contributed by atoms with Gasteiger partial charge < -0.3 is 10.4 Å². The van der Waals surface area contributed by atoms with Crippen LogP contribution in [0.5, 0.6) is 5.88 Å². The second-order valence-electron chi connectivity index (χ2n) is 3.71. The topological polar surface area (TPSA) is 68.9 Å². The number of anilines is 2. The van der Waals surface area contributed by atoms with Crippen LogP contribution in [0.4, 0.5) is 10.7 Å². The van der Waals surface area contributed by atoms with Crippen LogP contribution >= 0.6 is 11.5 Å². The lowest BCUT2D eigenvalue weighted by Crippen LogP contribution is -1.95. The summed E-state index contributed by atoms with van der Waals surface area (Å²) in [4.78, 5) is 0. The summed E-state index contributed by atoms with van der Waals surface area (Å²) < 4.78 is 3.76. The lowest BCUT2D eigenvalue weighted by Gasteiger charge is -2.10. The van der Waals surface area contributed by atoms with Crippen LogP contribution < -0.4 is 5.32 Å². The Morgan fingerprint density at radius 1 is 1.35 bits per heavy atom. The molecule has 1 heterocycles. The SMILES string of the molecule is Cc1cccc(C)c1Nc1snc(O)c1C#N. The molecule has 17 heavy (non-hydrogen) atoms. The third-order valence-electron chi connectivity index (χ3n) is 2.51. The minimum atomic E-state index is -0.216. The third kappa shape index (κ3) is 2.08. The highest BCUT2D eigenvalue weighted by atomic mass is 32.1. The van der Waals surface area contributed by atoms with E-state index in [4.69, 9.17) is 5.26 Å². The number of hydrogen-bond donors (Lipinski definition) is 2. The lowest BCUT2D eigenvalue weighted by molar-refractivity contribution is 0.458. The van der Waals surface area contributed by atoms with E-state index in [1.807, 2.05) is 38.1 Å². The number of nitriles is 1. The molecule has 0 unspecified atom stereocenters. The fraction of sp³-hybridized carbons (Fsp3) is 0.167. The first-order valence-electron chi connectivity index (χ1n) is 5.05. The zero-order valence-corrected chi connectivity index (χ0v) is 10.3. The zero-order valence-electron chi connectivity index (χ0n) is 9.48. The molecule has 2 rings (SSSR count). The summed E-state index contributed by atoms with van der Waals surface area (Å²) in [7, 11) is 0. The summed E-state index contributed by atoms with van der Waals surface area (Å²) in [6.07, 6.45) is 0. The van der Waals surface area contributed by atoms with Crippen LogP contribution in [0.2, 0.25) is 0 Å². The van der Waals surface area contributed by atoms with Gasteiger partial charge in [0.1, 0.15) is 11.1 Å². The number of nitrogens with zero attached hydrogens (tertiary/aromatic N) is 2. The number of nitrogens with one attached hydrogen (secondary N) is 1. The molecule has 0 aliphatic heterocycles. The molecule has 0 amide bonds. The molecule has 1 aromatic heterocycles. The molecule has 5 heteroatoms. The second kappa shape index (κ2) is 4.44. The van der Waals surface area contributed by atoms with Crippen LogP contribution in [0.25, 0.3) is 0 Å². The van der Waals surface area contributed by atoms with Gasteiger partial charge in [0.05, 0.1) is 0 Å². The summed E-state index contributed by atoms with van der Waals surface area (Å²) in [5.41, 5.74) is 3.31. The first-order chi connectivity index (χ1) is 8.13. The molecule has 0 aliphatic rings. The van der Waals surface area contributed by atoms with Gasteiger partial charge in [-0.3, -0.25) is 0 Å². The van der Waals surface area contributed by atoms with Crippen molar-refractivity contribution in [2.24, 2.45) is 0 Å². The van der Waals surface area contributed by atoms with Crippen LogP contribution in [0.15, 0.2) is 18.2 Å². The van der Waals surface area contributed by atoms with Gasteiger partial charge in [0, 0.05) is 5.69 Å². The van der Waals surface area contributed by atoms with Crippen molar-refractivity contribution in [1.82, 2.24) is 4.37 Å². The Morgan fingerprint density at radius 2 is 2.00 bits per heavy atom. The molecule has 4 nitrogen and oxygen atoms in total. The number of aromatic nitrogens is 1. The summed E-state index contributed by atoms with van der Waals surface area (Å²) >= 11 is 1.08. The van der Waals surface area contributed by atoms with E-state index in [0.29, 0.717) is 5.00 Å².